The molecule has 0 fully saturated rings. The van der Waals surface area contributed by atoms with Crippen molar-refractivity contribution in [3.05, 3.63) is 11.4 Å². The summed E-state index contributed by atoms with van der Waals surface area (Å²) in [5.74, 6) is 0.544. The van der Waals surface area contributed by atoms with Gasteiger partial charge in [-0.25, -0.2) is 0 Å². The van der Waals surface area contributed by atoms with Gasteiger partial charge in [-0.15, -0.1) is 12.4 Å². The van der Waals surface area contributed by atoms with Gasteiger partial charge in [0.25, 0.3) is 5.91 Å². The number of halogens is 1. The molecule has 0 saturated carbocycles. The number of ether oxygens (including phenoxy) is 2. The van der Waals surface area contributed by atoms with Crippen LogP contribution in [0.5, 0.6) is 5.75 Å². The van der Waals surface area contributed by atoms with Crippen molar-refractivity contribution < 1.29 is 14.3 Å². The standard InChI is InChI=1S/C13H24N4O3.ClH/c1-10-13(11(2)17(3)16-10)20-9-12(18)15-6-5-14-7-8-19-4;/h14H,5-9H2,1-4H3,(H,15,18);1H. The maximum absolute atomic E-state index is 11.6. The average molecular weight is 321 g/mol. The van der Waals surface area contributed by atoms with Crippen LogP contribution in [0, 0.1) is 13.8 Å². The predicted octanol–water partition coefficient (Wildman–Crippen LogP) is 0.190. The molecule has 0 spiro atoms. The predicted molar refractivity (Wildman–Crippen MR) is 83.2 cm³/mol. The first kappa shape index (κ1) is 19.7. The molecule has 1 heterocycles. The van der Waals surface area contributed by atoms with E-state index in [0.29, 0.717) is 25.4 Å². The zero-order valence-corrected chi connectivity index (χ0v) is 13.9. The molecule has 1 rings (SSSR count). The summed E-state index contributed by atoms with van der Waals surface area (Å²) < 4.78 is 12.2. The summed E-state index contributed by atoms with van der Waals surface area (Å²) in [7, 11) is 3.50. The highest BCUT2D eigenvalue weighted by Crippen LogP contribution is 2.20. The van der Waals surface area contributed by atoms with E-state index < -0.39 is 0 Å². The normalized spacial score (nSPS) is 10.1. The molecule has 0 aromatic carbocycles. The van der Waals surface area contributed by atoms with Crippen molar-refractivity contribution in [2.24, 2.45) is 7.05 Å². The molecule has 0 aliphatic rings. The van der Waals surface area contributed by atoms with E-state index in [2.05, 4.69) is 15.7 Å². The molecule has 0 atom stereocenters. The number of aryl methyl sites for hydroxylation is 2. The monoisotopic (exact) mass is 320 g/mol. The Hall–Kier alpha value is -1.31. The van der Waals surface area contributed by atoms with Crippen LogP contribution < -0.4 is 15.4 Å². The van der Waals surface area contributed by atoms with Crippen LogP contribution in [0.3, 0.4) is 0 Å². The number of aromatic nitrogens is 2. The Kier molecular flexibility index (Phi) is 9.77. The van der Waals surface area contributed by atoms with Crippen molar-refractivity contribution in [2.75, 3.05) is 40.0 Å². The molecule has 0 aliphatic heterocycles. The molecule has 7 nitrogen and oxygen atoms in total. The smallest absolute Gasteiger partial charge is 0.257 e. The van der Waals surface area contributed by atoms with Crippen molar-refractivity contribution in [1.82, 2.24) is 20.4 Å². The van der Waals surface area contributed by atoms with Crippen LogP contribution >= 0.6 is 12.4 Å². The van der Waals surface area contributed by atoms with E-state index in [1.807, 2.05) is 20.9 Å². The molecule has 1 amide bonds. The lowest BCUT2D eigenvalue weighted by Crippen LogP contribution is -2.35. The van der Waals surface area contributed by atoms with Gasteiger partial charge in [-0.3, -0.25) is 9.48 Å². The van der Waals surface area contributed by atoms with E-state index in [9.17, 15) is 4.79 Å². The Balaban J connectivity index is 0.00000400. The molecule has 8 heteroatoms. The van der Waals surface area contributed by atoms with E-state index in [0.717, 1.165) is 17.9 Å². The second-order valence-corrected chi connectivity index (χ2v) is 4.50. The molecule has 2 N–H and O–H groups in total. The fourth-order valence-electron chi connectivity index (χ4n) is 1.74. The Labute approximate surface area is 131 Å². The fraction of sp³-hybridized carbons (Fsp3) is 0.692. The molecule has 21 heavy (non-hydrogen) atoms. The van der Waals surface area contributed by atoms with Gasteiger partial charge in [-0.05, 0) is 13.8 Å². The Morgan fingerprint density at radius 1 is 1.29 bits per heavy atom. The van der Waals surface area contributed by atoms with Crippen LogP contribution in [-0.4, -0.2) is 55.6 Å². The van der Waals surface area contributed by atoms with Gasteiger partial charge in [0.2, 0.25) is 0 Å². The van der Waals surface area contributed by atoms with Crippen molar-refractivity contribution >= 4 is 18.3 Å². The molecule has 1 aromatic rings. The first-order valence-corrected chi connectivity index (χ1v) is 6.65. The van der Waals surface area contributed by atoms with Gasteiger partial charge in [0.15, 0.2) is 12.4 Å². The number of hydrogen-bond acceptors (Lipinski definition) is 5. The summed E-state index contributed by atoms with van der Waals surface area (Å²) in [5, 5.41) is 10.2. The topological polar surface area (TPSA) is 77.4 Å². The number of rotatable bonds is 9. The number of carbonyl (C=O) groups is 1. The van der Waals surface area contributed by atoms with Crippen LogP contribution in [0.2, 0.25) is 0 Å². The van der Waals surface area contributed by atoms with Crippen LogP contribution in [0.1, 0.15) is 11.4 Å². The highest BCUT2D eigenvalue weighted by atomic mass is 35.5. The van der Waals surface area contributed by atoms with E-state index >= 15 is 0 Å². The van der Waals surface area contributed by atoms with Crippen molar-refractivity contribution in [3.63, 3.8) is 0 Å². The number of hydrogen-bond donors (Lipinski definition) is 2. The second-order valence-electron chi connectivity index (χ2n) is 4.50. The van der Waals surface area contributed by atoms with E-state index in [4.69, 9.17) is 9.47 Å². The maximum atomic E-state index is 11.6. The lowest BCUT2D eigenvalue weighted by atomic mass is 10.3. The van der Waals surface area contributed by atoms with Crippen molar-refractivity contribution in [3.8, 4) is 5.75 Å². The summed E-state index contributed by atoms with van der Waals surface area (Å²) in [6.07, 6.45) is 0. The van der Waals surface area contributed by atoms with E-state index in [1.165, 1.54) is 0 Å². The van der Waals surface area contributed by atoms with Gasteiger partial charge in [0, 0.05) is 33.8 Å². The average Bonchev–Trinajstić information content (AvgIpc) is 2.65. The van der Waals surface area contributed by atoms with E-state index in [1.54, 1.807) is 11.8 Å². The minimum Gasteiger partial charge on any atom is -0.480 e. The summed E-state index contributed by atoms with van der Waals surface area (Å²) >= 11 is 0. The molecular formula is C13H25ClN4O3. The van der Waals surface area contributed by atoms with Crippen LogP contribution in [-0.2, 0) is 16.6 Å². The molecule has 0 unspecified atom stereocenters. The molecule has 122 valence electrons. The first-order chi connectivity index (χ1) is 9.56. The molecular weight excluding hydrogens is 296 g/mol. The van der Waals surface area contributed by atoms with Gasteiger partial charge in [0.05, 0.1) is 12.3 Å². The van der Waals surface area contributed by atoms with Gasteiger partial charge < -0.3 is 20.1 Å². The number of amides is 1. The minimum absolute atomic E-state index is 0. The highest BCUT2D eigenvalue weighted by Gasteiger charge is 2.12. The lowest BCUT2D eigenvalue weighted by Gasteiger charge is -2.08. The largest absolute Gasteiger partial charge is 0.480 e. The van der Waals surface area contributed by atoms with Gasteiger partial charge in [-0.1, -0.05) is 0 Å². The second kappa shape index (κ2) is 10.4. The molecule has 1 aromatic heterocycles. The number of nitrogens with zero attached hydrogens (tertiary/aromatic N) is 2. The zero-order chi connectivity index (χ0) is 15.0. The first-order valence-electron chi connectivity index (χ1n) is 6.65. The zero-order valence-electron chi connectivity index (χ0n) is 13.1. The number of nitrogens with one attached hydrogen (secondary N) is 2. The number of methoxy groups -OCH3 is 1. The Bertz CT molecular complexity index is 437. The molecule has 0 aliphatic carbocycles. The summed E-state index contributed by atoms with van der Waals surface area (Å²) in [6, 6.07) is 0. The maximum Gasteiger partial charge on any atom is 0.257 e. The molecule has 0 radical (unpaired) electrons. The third-order valence-electron chi connectivity index (χ3n) is 2.90. The van der Waals surface area contributed by atoms with Crippen molar-refractivity contribution in [2.45, 2.75) is 13.8 Å². The summed E-state index contributed by atoms with van der Waals surface area (Å²) in [4.78, 5) is 11.6. The summed E-state index contributed by atoms with van der Waals surface area (Å²) in [5.41, 5.74) is 1.70. The summed E-state index contributed by atoms with van der Waals surface area (Å²) in [6.45, 7) is 6.49. The SMILES string of the molecule is COCCNCCNC(=O)COc1c(C)nn(C)c1C.Cl. The third-order valence-corrected chi connectivity index (χ3v) is 2.90. The lowest BCUT2D eigenvalue weighted by molar-refractivity contribution is -0.123. The van der Waals surface area contributed by atoms with Gasteiger partial charge in [0.1, 0.15) is 5.69 Å². The van der Waals surface area contributed by atoms with Gasteiger partial charge in [-0.2, -0.15) is 5.10 Å². The Morgan fingerprint density at radius 2 is 2.00 bits per heavy atom. The van der Waals surface area contributed by atoms with Crippen LogP contribution in [0.25, 0.3) is 0 Å². The van der Waals surface area contributed by atoms with Crippen molar-refractivity contribution in [1.29, 1.82) is 0 Å². The van der Waals surface area contributed by atoms with Crippen LogP contribution in [0.4, 0.5) is 0 Å². The Morgan fingerprint density at radius 3 is 2.57 bits per heavy atom. The number of carbonyl (C=O) groups excluding carboxylic acids is 1. The molecule has 0 bridgehead atoms. The van der Waals surface area contributed by atoms with E-state index in [-0.39, 0.29) is 24.9 Å². The minimum atomic E-state index is -0.138. The third kappa shape index (κ3) is 6.79. The van der Waals surface area contributed by atoms with Gasteiger partial charge >= 0.3 is 0 Å². The highest BCUT2D eigenvalue weighted by molar-refractivity contribution is 5.85. The quantitative estimate of drug-likeness (QED) is 0.635. The van der Waals surface area contributed by atoms with Crippen LogP contribution in [0.15, 0.2) is 0 Å². The fourth-order valence-corrected chi connectivity index (χ4v) is 1.74. The molecule has 0 saturated heterocycles.